The van der Waals surface area contributed by atoms with Crippen molar-refractivity contribution >= 4 is 49.1 Å². The Morgan fingerprint density at radius 2 is 2.00 bits per heavy atom. The van der Waals surface area contributed by atoms with Crippen LogP contribution in [0.15, 0.2) is 57.2 Å². The molecular weight excluding hydrogens is 443 g/mol. The molecule has 0 radical (unpaired) electrons. The van der Waals surface area contributed by atoms with Crippen molar-refractivity contribution in [2.24, 2.45) is 4.99 Å². The Morgan fingerprint density at radius 3 is 2.67 bits per heavy atom. The Labute approximate surface area is 182 Å². The molecule has 3 rings (SSSR count). The van der Waals surface area contributed by atoms with E-state index >= 15 is 0 Å². The lowest BCUT2D eigenvalue weighted by atomic mass is 10.3. The molecule has 0 unspecified atom stereocenters. The fourth-order valence-electron chi connectivity index (χ4n) is 2.72. The van der Waals surface area contributed by atoms with Crippen LogP contribution in [0.2, 0.25) is 0 Å². The van der Waals surface area contributed by atoms with E-state index in [0.717, 1.165) is 16.7 Å². The second kappa shape index (κ2) is 9.60. The predicted octanol–water partition coefficient (Wildman–Crippen LogP) is 3.88. The summed E-state index contributed by atoms with van der Waals surface area (Å²) in [6, 6.07) is 11.0. The van der Waals surface area contributed by atoms with Crippen molar-refractivity contribution in [3.63, 3.8) is 0 Å². The molecule has 0 N–H and O–H groups in total. The van der Waals surface area contributed by atoms with Gasteiger partial charge in [0.2, 0.25) is 5.91 Å². The van der Waals surface area contributed by atoms with Crippen molar-refractivity contribution < 1.29 is 17.6 Å². The zero-order chi connectivity index (χ0) is 21.7. The first kappa shape index (κ1) is 22.3. The van der Waals surface area contributed by atoms with Crippen molar-refractivity contribution in [1.82, 2.24) is 4.57 Å². The van der Waals surface area contributed by atoms with Crippen LogP contribution in [0.3, 0.4) is 0 Å². The lowest BCUT2D eigenvalue weighted by Crippen LogP contribution is -2.16. The van der Waals surface area contributed by atoms with Gasteiger partial charge < -0.3 is 4.57 Å². The number of aromatic nitrogens is 1. The predicted molar refractivity (Wildman–Crippen MR) is 119 cm³/mol. The smallest absolute Gasteiger partial charge is 0.248 e. The minimum absolute atomic E-state index is 0.208. The maximum Gasteiger partial charge on any atom is 0.248 e. The minimum Gasteiger partial charge on any atom is -0.305 e. The summed E-state index contributed by atoms with van der Waals surface area (Å²) in [5.74, 6) is 2.71. The highest BCUT2D eigenvalue weighted by molar-refractivity contribution is 7.99. The fourth-order valence-corrected chi connectivity index (χ4v) is 5.38. The number of thioether (sulfide) groups is 1. The van der Waals surface area contributed by atoms with Gasteiger partial charge in [-0.05, 0) is 54.6 Å². The van der Waals surface area contributed by atoms with Gasteiger partial charge in [0.1, 0.15) is 5.82 Å². The topological polar surface area (TPSA) is 68.5 Å². The molecule has 0 fully saturated rings. The summed E-state index contributed by atoms with van der Waals surface area (Å²) in [4.78, 5) is 18.2. The van der Waals surface area contributed by atoms with E-state index in [0.29, 0.717) is 21.7 Å². The van der Waals surface area contributed by atoms with Crippen molar-refractivity contribution in [3.8, 4) is 12.3 Å². The molecule has 156 valence electrons. The third-order valence-electron chi connectivity index (χ3n) is 4.17. The summed E-state index contributed by atoms with van der Waals surface area (Å²) in [6.45, 7) is 0.227. The van der Waals surface area contributed by atoms with E-state index in [-0.39, 0.29) is 29.6 Å². The average molecular weight is 463 g/mol. The molecule has 1 aromatic heterocycles. The molecule has 30 heavy (non-hydrogen) atoms. The van der Waals surface area contributed by atoms with Crippen molar-refractivity contribution in [2.75, 3.05) is 12.0 Å². The number of sulfone groups is 1. The lowest BCUT2D eigenvalue weighted by Gasteiger charge is -2.02. The van der Waals surface area contributed by atoms with Gasteiger partial charge in [-0.15, -0.1) is 18.2 Å². The van der Waals surface area contributed by atoms with Gasteiger partial charge in [0.25, 0.3) is 0 Å². The number of amides is 1. The molecule has 3 aromatic rings. The van der Waals surface area contributed by atoms with E-state index in [1.54, 1.807) is 40.6 Å². The van der Waals surface area contributed by atoms with Crippen LogP contribution in [0, 0.1) is 18.2 Å². The van der Waals surface area contributed by atoms with Gasteiger partial charge in [0, 0.05) is 17.6 Å². The van der Waals surface area contributed by atoms with Crippen LogP contribution >= 0.6 is 23.1 Å². The number of nitrogens with zero attached hydrogens (tertiary/aromatic N) is 2. The third-order valence-corrected chi connectivity index (χ3v) is 7.42. The first-order chi connectivity index (χ1) is 14.3. The van der Waals surface area contributed by atoms with Crippen LogP contribution in [0.25, 0.3) is 10.2 Å². The van der Waals surface area contributed by atoms with Gasteiger partial charge in [-0.1, -0.05) is 17.3 Å². The van der Waals surface area contributed by atoms with Crippen LogP contribution in [0.4, 0.5) is 4.39 Å². The summed E-state index contributed by atoms with van der Waals surface area (Å²) in [5, 5.41) is 0. The maximum atomic E-state index is 12.9. The quantitative estimate of drug-likeness (QED) is 0.304. The Morgan fingerprint density at radius 1 is 1.27 bits per heavy atom. The van der Waals surface area contributed by atoms with E-state index < -0.39 is 9.84 Å². The largest absolute Gasteiger partial charge is 0.305 e. The summed E-state index contributed by atoms with van der Waals surface area (Å²) in [5.41, 5.74) is 0.740. The van der Waals surface area contributed by atoms with Gasteiger partial charge in [0.05, 0.1) is 21.7 Å². The lowest BCUT2D eigenvalue weighted by molar-refractivity contribution is -0.118. The summed E-state index contributed by atoms with van der Waals surface area (Å²) in [7, 11) is -3.34. The third kappa shape index (κ3) is 5.59. The number of benzene rings is 2. The van der Waals surface area contributed by atoms with Crippen LogP contribution < -0.4 is 4.80 Å². The van der Waals surface area contributed by atoms with Gasteiger partial charge in [-0.3, -0.25) is 4.79 Å². The number of halogens is 1. The number of carbonyl (C=O) groups is 1. The van der Waals surface area contributed by atoms with Gasteiger partial charge in [0.15, 0.2) is 14.6 Å². The molecule has 0 saturated carbocycles. The normalized spacial score (nSPS) is 12.2. The van der Waals surface area contributed by atoms with E-state index in [1.165, 1.54) is 29.5 Å². The van der Waals surface area contributed by atoms with Crippen LogP contribution in [-0.2, 0) is 21.2 Å². The van der Waals surface area contributed by atoms with Crippen LogP contribution in [-0.4, -0.2) is 30.9 Å². The second-order valence-corrected chi connectivity index (χ2v) is 10.7. The van der Waals surface area contributed by atoms with Crippen molar-refractivity contribution in [1.29, 1.82) is 0 Å². The highest BCUT2D eigenvalue weighted by Gasteiger charge is 2.12. The molecule has 0 spiro atoms. The van der Waals surface area contributed by atoms with Crippen molar-refractivity contribution in [2.45, 2.75) is 29.2 Å². The molecule has 9 heteroatoms. The number of carbonyl (C=O) groups excluding carboxylic acids is 1. The number of fused-ring (bicyclic) bond motifs is 1. The molecule has 0 atom stereocenters. The summed E-state index contributed by atoms with van der Waals surface area (Å²) < 4.78 is 39.0. The number of thiazole rings is 1. The molecule has 2 aromatic carbocycles. The molecule has 5 nitrogen and oxygen atoms in total. The number of hydrogen-bond donors (Lipinski definition) is 0. The minimum atomic E-state index is -3.34. The zero-order valence-corrected chi connectivity index (χ0v) is 18.6. The molecule has 0 saturated heterocycles. The Bertz CT molecular complexity index is 1280. The standard InChI is InChI=1S/C21H19FN2O3S3/c1-3-12-24-18-11-10-17(30(2,26)27)14-19(18)29-21(24)23-20(25)5-4-13-28-16-8-6-15(22)7-9-16/h1,6-11,14H,4-5,12-13H2,2H3. The van der Waals surface area contributed by atoms with Crippen molar-refractivity contribution in [3.05, 3.63) is 53.1 Å². The summed E-state index contributed by atoms with van der Waals surface area (Å²) in [6.07, 6.45) is 7.50. The monoisotopic (exact) mass is 462 g/mol. The first-order valence-electron chi connectivity index (χ1n) is 9.01. The second-order valence-electron chi connectivity index (χ2n) is 6.49. The zero-order valence-electron chi connectivity index (χ0n) is 16.2. The van der Waals surface area contributed by atoms with Gasteiger partial charge >= 0.3 is 0 Å². The van der Waals surface area contributed by atoms with E-state index in [2.05, 4.69) is 10.9 Å². The first-order valence-corrected chi connectivity index (χ1v) is 12.7. The molecule has 0 aliphatic heterocycles. The maximum absolute atomic E-state index is 12.9. The number of hydrogen-bond acceptors (Lipinski definition) is 5. The molecule has 0 aliphatic carbocycles. The van der Waals surface area contributed by atoms with Gasteiger partial charge in [-0.2, -0.15) is 4.99 Å². The van der Waals surface area contributed by atoms with Crippen LogP contribution in [0.1, 0.15) is 12.8 Å². The Kier molecular flexibility index (Phi) is 7.13. The highest BCUT2D eigenvalue weighted by atomic mass is 32.2. The molecule has 1 amide bonds. The highest BCUT2D eigenvalue weighted by Crippen LogP contribution is 2.22. The Balaban J connectivity index is 1.75. The number of rotatable bonds is 7. The van der Waals surface area contributed by atoms with E-state index in [4.69, 9.17) is 6.42 Å². The molecule has 0 bridgehead atoms. The SMILES string of the molecule is C#CCn1c(=NC(=O)CCCSc2ccc(F)cc2)sc2cc(S(C)(=O)=O)ccc21. The summed E-state index contributed by atoms with van der Waals surface area (Å²) >= 11 is 2.78. The number of terminal acetylenes is 1. The Hall–Kier alpha value is -2.41. The van der Waals surface area contributed by atoms with Crippen LogP contribution in [0.5, 0.6) is 0 Å². The molecular formula is C21H19FN2O3S3. The van der Waals surface area contributed by atoms with E-state index in [1.807, 2.05) is 0 Å². The average Bonchev–Trinajstić information content (AvgIpc) is 3.02. The fraction of sp³-hybridized carbons (Fsp3) is 0.238. The molecule has 1 heterocycles. The molecule has 0 aliphatic rings. The van der Waals surface area contributed by atoms with E-state index in [9.17, 15) is 17.6 Å². The van der Waals surface area contributed by atoms with Gasteiger partial charge in [-0.25, -0.2) is 12.8 Å².